The lowest BCUT2D eigenvalue weighted by atomic mass is 10.1. The molecule has 1 heterocycles. The number of nitrogens with zero attached hydrogens (tertiary/aromatic N) is 2. The standard InChI is InChI=1S/C17H16N2O3/c1-19(13-6-4-3-5-7-13)17-18-14-9-8-12(10-15(14)22-17)11-16(20)21-2/h3-10H,11H2,1-2H3. The van der Waals surface area contributed by atoms with E-state index in [1.165, 1.54) is 7.11 Å². The molecule has 22 heavy (non-hydrogen) atoms. The number of ether oxygens (including phenoxy) is 1. The number of benzene rings is 2. The molecule has 0 saturated heterocycles. The first kappa shape index (κ1) is 14.1. The van der Waals surface area contributed by atoms with Crippen molar-refractivity contribution in [2.75, 3.05) is 19.1 Å². The fourth-order valence-electron chi connectivity index (χ4n) is 2.21. The highest BCUT2D eigenvalue weighted by Crippen LogP contribution is 2.27. The Kier molecular flexibility index (Phi) is 3.78. The van der Waals surface area contributed by atoms with Gasteiger partial charge in [0.25, 0.3) is 0 Å². The SMILES string of the molecule is COC(=O)Cc1ccc2nc(N(C)c3ccccc3)oc2c1. The molecule has 0 fully saturated rings. The second kappa shape index (κ2) is 5.89. The van der Waals surface area contributed by atoms with Crippen LogP contribution in [0.15, 0.2) is 52.9 Å². The Bertz CT molecular complexity index is 796. The summed E-state index contributed by atoms with van der Waals surface area (Å²) in [6, 6.07) is 15.9. The van der Waals surface area contributed by atoms with Crippen LogP contribution in [0.1, 0.15) is 5.56 Å². The van der Waals surface area contributed by atoms with Crippen LogP contribution in [0.25, 0.3) is 11.1 Å². The van der Waals surface area contributed by atoms with Crippen molar-refractivity contribution in [2.45, 2.75) is 6.42 Å². The van der Waals surface area contributed by atoms with Gasteiger partial charge in [-0.25, -0.2) is 0 Å². The summed E-state index contributed by atoms with van der Waals surface area (Å²) in [4.78, 5) is 17.7. The first-order chi connectivity index (χ1) is 10.7. The molecule has 0 spiro atoms. The normalized spacial score (nSPS) is 10.6. The predicted molar refractivity (Wildman–Crippen MR) is 84.2 cm³/mol. The minimum absolute atomic E-state index is 0.219. The Balaban J connectivity index is 1.91. The van der Waals surface area contributed by atoms with Gasteiger partial charge in [0.2, 0.25) is 0 Å². The first-order valence-electron chi connectivity index (χ1n) is 6.92. The van der Waals surface area contributed by atoms with Crippen LogP contribution < -0.4 is 4.90 Å². The maximum atomic E-state index is 11.3. The van der Waals surface area contributed by atoms with Gasteiger partial charge in [-0.15, -0.1) is 0 Å². The van der Waals surface area contributed by atoms with Crippen LogP contribution in [0.5, 0.6) is 0 Å². The van der Waals surface area contributed by atoms with Gasteiger partial charge >= 0.3 is 12.0 Å². The lowest BCUT2D eigenvalue weighted by Crippen LogP contribution is -2.09. The van der Waals surface area contributed by atoms with E-state index in [0.717, 1.165) is 16.8 Å². The number of para-hydroxylation sites is 1. The molecule has 5 nitrogen and oxygen atoms in total. The minimum Gasteiger partial charge on any atom is -0.469 e. The number of esters is 1. The molecule has 0 aliphatic heterocycles. The number of fused-ring (bicyclic) bond motifs is 1. The Labute approximate surface area is 128 Å². The molecule has 0 atom stereocenters. The third kappa shape index (κ3) is 2.79. The van der Waals surface area contributed by atoms with E-state index in [0.29, 0.717) is 11.6 Å². The van der Waals surface area contributed by atoms with Gasteiger partial charge < -0.3 is 9.15 Å². The highest BCUT2D eigenvalue weighted by molar-refractivity contribution is 5.79. The van der Waals surface area contributed by atoms with Crippen molar-refractivity contribution < 1.29 is 13.9 Å². The van der Waals surface area contributed by atoms with Crippen LogP contribution in [-0.4, -0.2) is 25.1 Å². The van der Waals surface area contributed by atoms with Crippen LogP contribution in [-0.2, 0) is 16.0 Å². The molecule has 0 aliphatic rings. The lowest BCUT2D eigenvalue weighted by Gasteiger charge is -2.13. The molecule has 2 aromatic carbocycles. The van der Waals surface area contributed by atoms with Gasteiger partial charge in [-0.2, -0.15) is 4.98 Å². The van der Waals surface area contributed by atoms with Crippen molar-refractivity contribution in [3.63, 3.8) is 0 Å². The predicted octanol–water partition coefficient (Wildman–Crippen LogP) is 3.31. The molecule has 0 amide bonds. The zero-order valence-corrected chi connectivity index (χ0v) is 12.4. The Morgan fingerprint density at radius 1 is 1.23 bits per heavy atom. The van der Waals surface area contributed by atoms with Crippen molar-refractivity contribution in [2.24, 2.45) is 0 Å². The van der Waals surface area contributed by atoms with E-state index in [4.69, 9.17) is 4.42 Å². The summed E-state index contributed by atoms with van der Waals surface area (Å²) in [5.41, 5.74) is 3.24. The summed E-state index contributed by atoms with van der Waals surface area (Å²) in [5, 5.41) is 0. The quantitative estimate of drug-likeness (QED) is 0.691. The van der Waals surface area contributed by atoms with Gasteiger partial charge in [0, 0.05) is 12.7 Å². The number of carbonyl (C=O) groups excluding carboxylic acids is 1. The fraction of sp³-hybridized carbons (Fsp3) is 0.176. The molecule has 0 saturated carbocycles. The number of oxazole rings is 1. The van der Waals surface area contributed by atoms with Crippen LogP contribution >= 0.6 is 0 Å². The molecule has 3 aromatic rings. The molecule has 5 heteroatoms. The molecule has 0 unspecified atom stereocenters. The Morgan fingerprint density at radius 3 is 2.73 bits per heavy atom. The second-order valence-corrected chi connectivity index (χ2v) is 4.95. The number of anilines is 2. The average molecular weight is 296 g/mol. The number of methoxy groups -OCH3 is 1. The van der Waals surface area contributed by atoms with E-state index in [-0.39, 0.29) is 12.4 Å². The smallest absolute Gasteiger partial charge is 0.309 e. The summed E-state index contributed by atoms with van der Waals surface area (Å²) >= 11 is 0. The van der Waals surface area contributed by atoms with Crippen LogP contribution in [0, 0.1) is 0 Å². The van der Waals surface area contributed by atoms with E-state index in [1.54, 1.807) is 0 Å². The van der Waals surface area contributed by atoms with Crippen molar-refractivity contribution in [1.29, 1.82) is 0 Å². The lowest BCUT2D eigenvalue weighted by molar-refractivity contribution is -0.139. The summed E-state index contributed by atoms with van der Waals surface area (Å²) in [6.45, 7) is 0. The van der Waals surface area contributed by atoms with Gasteiger partial charge in [0.05, 0.1) is 13.5 Å². The molecule has 0 bridgehead atoms. The van der Waals surface area contributed by atoms with Gasteiger partial charge in [-0.1, -0.05) is 24.3 Å². The molecule has 1 aromatic heterocycles. The summed E-state index contributed by atoms with van der Waals surface area (Å²) < 4.78 is 10.5. The van der Waals surface area contributed by atoms with Crippen molar-refractivity contribution >= 4 is 28.8 Å². The van der Waals surface area contributed by atoms with Crippen LogP contribution in [0.3, 0.4) is 0 Å². The Morgan fingerprint density at radius 2 is 2.00 bits per heavy atom. The number of hydrogen-bond donors (Lipinski definition) is 0. The topological polar surface area (TPSA) is 55.6 Å². The van der Waals surface area contributed by atoms with Gasteiger partial charge in [0.1, 0.15) is 5.52 Å². The summed E-state index contributed by atoms with van der Waals surface area (Å²) in [6.07, 6.45) is 0.219. The molecule has 0 N–H and O–H groups in total. The monoisotopic (exact) mass is 296 g/mol. The van der Waals surface area contributed by atoms with Gasteiger partial charge in [0.15, 0.2) is 5.58 Å². The molecule has 0 aliphatic carbocycles. The third-order valence-corrected chi connectivity index (χ3v) is 3.45. The van der Waals surface area contributed by atoms with E-state index in [1.807, 2.05) is 60.5 Å². The number of aromatic nitrogens is 1. The molecule has 0 radical (unpaired) electrons. The maximum absolute atomic E-state index is 11.3. The minimum atomic E-state index is -0.277. The summed E-state index contributed by atoms with van der Waals surface area (Å²) in [5.74, 6) is -0.277. The zero-order valence-electron chi connectivity index (χ0n) is 12.4. The molecule has 3 rings (SSSR count). The molecular weight excluding hydrogens is 280 g/mol. The van der Waals surface area contributed by atoms with Crippen LogP contribution in [0.2, 0.25) is 0 Å². The fourth-order valence-corrected chi connectivity index (χ4v) is 2.21. The number of hydrogen-bond acceptors (Lipinski definition) is 5. The first-order valence-corrected chi connectivity index (χ1v) is 6.92. The summed E-state index contributed by atoms with van der Waals surface area (Å²) in [7, 11) is 3.28. The second-order valence-electron chi connectivity index (χ2n) is 4.95. The average Bonchev–Trinajstić information content (AvgIpc) is 2.98. The van der Waals surface area contributed by atoms with E-state index in [9.17, 15) is 4.79 Å². The third-order valence-electron chi connectivity index (χ3n) is 3.45. The maximum Gasteiger partial charge on any atom is 0.309 e. The van der Waals surface area contributed by atoms with Crippen LogP contribution in [0.4, 0.5) is 11.7 Å². The van der Waals surface area contributed by atoms with E-state index < -0.39 is 0 Å². The largest absolute Gasteiger partial charge is 0.469 e. The highest BCUT2D eigenvalue weighted by Gasteiger charge is 2.13. The molecule has 112 valence electrons. The van der Waals surface area contributed by atoms with Crippen molar-refractivity contribution in [3.8, 4) is 0 Å². The number of rotatable bonds is 4. The number of carbonyl (C=O) groups is 1. The van der Waals surface area contributed by atoms with Crippen molar-refractivity contribution in [1.82, 2.24) is 4.98 Å². The van der Waals surface area contributed by atoms with Crippen molar-refractivity contribution in [3.05, 3.63) is 54.1 Å². The van der Waals surface area contributed by atoms with Gasteiger partial charge in [-0.3, -0.25) is 9.69 Å². The van der Waals surface area contributed by atoms with Gasteiger partial charge in [-0.05, 0) is 29.8 Å². The van der Waals surface area contributed by atoms with E-state index >= 15 is 0 Å². The zero-order chi connectivity index (χ0) is 15.5. The van der Waals surface area contributed by atoms with E-state index in [2.05, 4.69) is 9.72 Å². The molecular formula is C17H16N2O3. The highest BCUT2D eigenvalue weighted by atomic mass is 16.5. The Hall–Kier alpha value is -2.82.